The zero-order chi connectivity index (χ0) is 10.1. The molecule has 0 aromatic heterocycles. The Labute approximate surface area is 82.7 Å². The molecule has 1 aliphatic heterocycles. The molecule has 0 aliphatic carbocycles. The van der Waals surface area contributed by atoms with Gasteiger partial charge in [-0.2, -0.15) is 0 Å². The number of nitrogens with one attached hydrogen (secondary N) is 1. The predicted octanol–water partition coefficient (Wildman–Crippen LogP) is 1.05. The fraction of sp³-hybridized carbons (Fsp3) is 0.300. The van der Waals surface area contributed by atoms with Gasteiger partial charge in [0.15, 0.2) is 0 Å². The van der Waals surface area contributed by atoms with E-state index in [1.54, 1.807) is 6.07 Å². The summed E-state index contributed by atoms with van der Waals surface area (Å²) in [5.74, 6) is -0.00255. The molecule has 4 nitrogen and oxygen atoms in total. The van der Waals surface area contributed by atoms with E-state index in [4.69, 9.17) is 5.73 Å². The number of nitrogen functional groups attached to an aromatic ring is 1. The monoisotopic (exact) mass is 191 g/mol. The van der Waals surface area contributed by atoms with Crippen molar-refractivity contribution < 1.29 is 4.79 Å². The number of carbonyl (C=O) groups is 1. The summed E-state index contributed by atoms with van der Waals surface area (Å²) in [6.45, 7) is 3.24. The van der Waals surface area contributed by atoms with Crippen molar-refractivity contribution in [1.29, 1.82) is 0 Å². The summed E-state index contributed by atoms with van der Waals surface area (Å²) in [4.78, 5) is 13.3. The third-order valence-electron chi connectivity index (χ3n) is 2.40. The van der Waals surface area contributed by atoms with Crippen molar-refractivity contribution in [3.05, 3.63) is 18.2 Å². The van der Waals surface area contributed by atoms with E-state index in [1.165, 1.54) is 0 Å². The Hall–Kier alpha value is -1.71. The molecule has 0 atom stereocenters. The Kier molecular flexibility index (Phi) is 2.04. The first-order valence-corrected chi connectivity index (χ1v) is 4.65. The summed E-state index contributed by atoms with van der Waals surface area (Å²) >= 11 is 0. The highest BCUT2D eigenvalue weighted by molar-refractivity contribution is 6.04. The first kappa shape index (κ1) is 8.87. The van der Waals surface area contributed by atoms with Gasteiger partial charge < -0.3 is 16.0 Å². The van der Waals surface area contributed by atoms with E-state index in [-0.39, 0.29) is 5.91 Å². The number of likely N-dealkylation sites (N-methyl/N-ethyl adjacent to an activating group) is 1. The SMILES string of the molecule is CCN1CC(=O)Nc2c(N)cccc21. The molecule has 0 bridgehead atoms. The number of hydrogen-bond donors (Lipinski definition) is 2. The van der Waals surface area contributed by atoms with Gasteiger partial charge >= 0.3 is 0 Å². The average Bonchev–Trinajstić information content (AvgIpc) is 2.18. The van der Waals surface area contributed by atoms with E-state index in [1.807, 2.05) is 24.0 Å². The van der Waals surface area contributed by atoms with Gasteiger partial charge in [0.2, 0.25) is 5.91 Å². The minimum atomic E-state index is -0.00255. The number of nitrogens with zero attached hydrogens (tertiary/aromatic N) is 1. The maximum absolute atomic E-state index is 11.3. The van der Waals surface area contributed by atoms with Gasteiger partial charge in [-0.05, 0) is 19.1 Å². The lowest BCUT2D eigenvalue weighted by atomic mass is 10.1. The average molecular weight is 191 g/mol. The number of para-hydroxylation sites is 1. The van der Waals surface area contributed by atoms with Crippen LogP contribution < -0.4 is 16.0 Å². The highest BCUT2D eigenvalue weighted by Gasteiger charge is 2.21. The summed E-state index contributed by atoms with van der Waals surface area (Å²) in [7, 11) is 0. The Morgan fingerprint density at radius 1 is 1.57 bits per heavy atom. The zero-order valence-electron chi connectivity index (χ0n) is 8.08. The van der Waals surface area contributed by atoms with Crippen LogP contribution in [0, 0.1) is 0 Å². The van der Waals surface area contributed by atoms with Crippen molar-refractivity contribution in [3.8, 4) is 0 Å². The van der Waals surface area contributed by atoms with Gasteiger partial charge in [-0.1, -0.05) is 6.07 Å². The molecular formula is C10H13N3O. The van der Waals surface area contributed by atoms with Crippen LogP contribution in [-0.2, 0) is 4.79 Å². The number of rotatable bonds is 1. The zero-order valence-corrected chi connectivity index (χ0v) is 8.08. The van der Waals surface area contributed by atoms with Crippen LogP contribution in [-0.4, -0.2) is 19.0 Å². The van der Waals surface area contributed by atoms with Crippen LogP contribution in [0.5, 0.6) is 0 Å². The summed E-state index contributed by atoms with van der Waals surface area (Å²) in [6, 6.07) is 5.65. The number of carbonyl (C=O) groups excluding carboxylic acids is 1. The molecule has 0 spiro atoms. The fourth-order valence-electron chi connectivity index (χ4n) is 1.68. The number of fused-ring (bicyclic) bond motifs is 1. The predicted molar refractivity (Wildman–Crippen MR) is 57.4 cm³/mol. The Morgan fingerprint density at radius 3 is 3.07 bits per heavy atom. The van der Waals surface area contributed by atoms with Crippen LogP contribution in [0.2, 0.25) is 0 Å². The van der Waals surface area contributed by atoms with Gasteiger partial charge in [0, 0.05) is 6.54 Å². The molecule has 14 heavy (non-hydrogen) atoms. The second-order valence-corrected chi connectivity index (χ2v) is 3.30. The van der Waals surface area contributed by atoms with Crippen molar-refractivity contribution in [3.63, 3.8) is 0 Å². The number of nitrogens with two attached hydrogens (primary N) is 1. The van der Waals surface area contributed by atoms with E-state index in [0.29, 0.717) is 12.2 Å². The molecule has 0 saturated carbocycles. The molecule has 1 aliphatic rings. The van der Waals surface area contributed by atoms with Crippen LogP contribution in [0.3, 0.4) is 0 Å². The third-order valence-corrected chi connectivity index (χ3v) is 2.40. The van der Waals surface area contributed by atoms with Crippen LogP contribution in [0.4, 0.5) is 17.1 Å². The molecule has 0 fully saturated rings. The maximum Gasteiger partial charge on any atom is 0.244 e. The van der Waals surface area contributed by atoms with Gasteiger partial charge in [0.1, 0.15) is 0 Å². The number of hydrogen-bond acceptors (Lipinski definition) is 3. The highest BCUT2D eigenvalue weighted by atomic mass is 16.2. The molecule has 74 valence electrons. The van der Waals surface area contributed by atoms with Gasteiger partial charge in [-0.3, -0.25) is 4.79 Å². The molecule has 4 heteroatoms. The summed E-state index contributed by atoms with van der Waals surface area (Å²) in [5.41, 5.74) is 8.15. The molecule has 3 N–H and O–H groups in total. The first-order chi connectivity index (χ1) is 6.72. The quantitative estimate of drug-likeness (QED) is 0.652. The maximum atomic E-state index is 11.3. The smallest absolute Gasteiger partial charge is 0.244 e. The molecule has 1 aromatic carbocycles. The largest absolute Gasteiger partial charge is 0.397 e. The number of anilines is 3. The number of benzene rings is 1. The Balaban J connectivity index is 2.50. The van der Waals surface area contributed by atoms with Crippen molar-refractivity contribution in [1.82, 2.24) is 0 Å². The van der Waals surface area contributed by atoms with E-state index < -0.39 is 0 Å². The minimum Gasteiger partial charge on any atom is -0.397 e. The van der Waals surface area contributed by atoms with Gasteiger partial charge in [-0.25, -0.2) is 0 Å². The topological polar surface area (TPSA) is 58.4 Å². The van der Waals surface area contributed by atoms with E-state index in [9.17, 15) is 4.79 Å². The summed E-state index contributed by atoms with van der Waals surface area (Å²) in [6.07, 6.45) is 0. The van der Waals surface area contributed by atoms with Crippen LogP contribution in [0.1, 0.15) is 6.92 Å². The van der Waals surface area contributed by atoms with Crippen molar-refractivity contribution in [2.24, 2.45) is 0 Å². The highest BCUT2D eigenvalue weighted by Crippen LogP contribution is 2.33. The van der Waals surface area contributed by atoms with Crippen LogP contribution in [0.15, 0.2) is 18.2 Å². The molecule has 0 unspecified atom stereocenters. The van der Waals surface area contributed by atoms with Gasteiger partial charge in [-0.15, -0.1) is 0 Å². The van der Waals surface area contributed by atoms with Crippen LogP contribution >= 0.6 is 0 Å². The summed E-state index contributed by atoms with van der Waals surface area (Å²) < 4.78 is 0. The molecule has 2 rings (SSSR count). The van der Waals surface area contributed by atoms with E-state index in [2.05, 4.69) is 5.32 Å². The second-order valence-electron chi connectivity index (χ2n) is 3.30. The van der Waals surface area contributed by atoms with Gasteiger partial charge in [0.25, 0.3) is 0 Å². The molecular weight excluding hydrogens is 178 g/mol. The second kappa shape index (κ2) is 3.21. The van der Waals surface area contributed by atoms with E-state index >= 15 is 0 Å². The standard InChI is InChI=1S/C10H13N3O/c1-2-13-6-9(14)12-10-7(11)4-3-5-8(10)13/h3-5H,2,6,11H2,1H3,(H,12,14). The Morgan fingerprint density at radius 2 is 2.36 bits per heavy atom. The molecule has 0 radical (unpaired) electrons. The lowest BCUT2D eigenvalue weighted by molar-refractivity contribution is -0.115. The molecule has 1 aromatic rings. The molecule has 0 saturated heterocycles. The van der Waals surface area contributed by atoms with Gasteiger partial charge in [0.05, 0.1) is 23.6 Å². The van der Waals surface area contributed by atoms with Crippen molar-refractivity contribution >= 4 is 23.0 Å². The minimum absolute atomic E-state index is 0.00255. The lowest BCUT2D eigenvalue weighted by Gasteiger charge is -2.30. The fourth-order valence-corrected chi connectivity index (χ4v) is 1.68. The van der Waals surface area contributed by atoms with Crippen molar-refractivity contribution in [2.75, 3.05) is 29.0 Å². The van der Waals surface area contributed by atoms with Crippen LogP contribution in [0.25, 0.3) is 0 Å². The number of amides is 1. The first-order valence-electron chi connectivity index (χ1n) is 4.65. The normalized spacial score (nSPS) is 14.9. The van der Waals surface area contributed by atoms with E-state index in [0.717, 1.165) is 17.9 Å². The van der Waals surface area contributed by atoms with Crippen molar-refractivity contribution in [2.45, 2.75) is 6.92 Å². The lowest BCUT2D eigenvalue weighted by Crippen LogP contribution is -2.38. The molecule has 1 heterocycles. The third kappa shape index (κ3) is 1.28. The Bertz CT molecular complexity index is 376. The molecule has 1 amide bonds. The summed E-state index contributed by atoms with van der Waals surface area (Å²) in [5, 5.41) is 2.79.